The first kappa shape index (κ1) is 12.6. The van der Waals surface area contributed by atoms with Crippen LogP contribution in [0.15, 0.2) is 18.3 Å². The standard InChI is InChI=1S/C12H19N3O/c1-9-5-6-11(7-13-9)8-14-10(2)12(16)15(3)4/h5-7,10,14H,8H2,1-4H3. The van der Waals surface area contributed by atoms with E-state index in [0.29, 0.717) is 6.54 Å². The number of rotatable bonds is 4. The Bertz CT molecular complexity index is 346. The van der Waals surface area contributed by atoms with Crippen LogP contribution in [0.25, 0.3) is 0 Å². The Balaban J connectivity index is 2.45. The summed E-state index contributed by atoms with van der Waals surface area (Å²) in [5, 5.41) is 3.17. The molecule has 1 N–H and O–H groups in total. The van der Waals surface area contributed by atoms with Crippen molar-refractivity contribution in [1.82, 2.24) is 15.2 Å². The number of carbonyl (C=O) groups is 1. The molecule has 0 aliphatic heterocycles. The predicted molar refractivity (Wildman–Crippen MR) is 64.0 cm³/mol. The van der Waals surface area contributed by atoms with E-state index in [1.54, 1.807) is 19.0 Å². The van der Waals surface area contributed by atoms with Gasteiger partial charge in [0.25, 0.3) is 0 Å². The van der Waals surface area contributed by atoms with E-state index < -0.39 is 0 Å². The van der Waals surface area contributed by atoms with E-state index >= 15 is 0 Å². The molecular formula is C12H19N3O. The summed E-state index contributed by atoms with van der Waals surface area (Å²) in [6.07, 6.45) is 1.83. The monoisotopic (exact) mass is 221 g/mol. The topological polar surface area (TPSA) is 45.2 Å². The number of nitrogens with one attached hydrogen (secondary N) is 1. The van der Waals surface area contributed by atoms with Gasteiger partial charge in [0.2, 0.25) is 5.91 Å². The fourth-order valence-electron chi connectivity index (χ4n) is 1.35. The number of hydrogen-bond acceptors (Lipinski definition) is 3. The summed E-state index contributed by atoms with van der Waals surface area (Å²) in [5.41, 5.74) is 2.09. The molecule has 0 aliphatic carbocycles. The summed E-state index contributed by atoms with van der Waals surface area (Å²) in [5.74, 6) is 0.0834. The first-order valence-corrected chi connectivity index (χ1v) is 5.37. The molecule has 1 aromatic heterocycles. The maximum absolute atomic E-state index is 11.6. The molecule has 1 atom stereocenters. The summed E-state index contributed by atoms with van der Waals surface area (Å²) in [7, 11) is 3.52. The number of likely N-dealkylation sites (N-methyl/N-ethyl adjacent to an activating group) is 1. The van der Waals surface area contributed by atoms with Crippen LogP contribution in [0.5, 0.6) is 0 Å². The van der Waals surface area contributed by atoms with Crippen molar-refractivity contribution in [1.29, 1.82) is 0 Å². The minimum atomic E-state index is -0.170. The number of pyridine rings is 1. The van der Waals surface area contributed by atoms with Gasteiger partial charge in [0, 0.05) is 32.5 Å². The van der Waals surface area contributed by atoms with Crippen LogP contribution in [0.2, 0.25) is 0 Å². The molecule has 16 heavy (non-hydrogen) atoms. The lowest BCUT2D eigenvalue weighted by Gasteiger charge is -2.17. The molecule has 4 nitrogen and oxygen atoms in total. The SMILES string of the molecule is Cc1ccc(CNC(C)C(=O)N(C)C)cn1. The first-order valence-electron chi connectivity index (χ1n) is 5.37. The molecule has 1 aromatic rings. The van der Waals surface area contributed by atoms with Gasteiger partial charge in [-0.3, -0.25) is 9.78 Å². The van der Waals surface area contributed by atoms with Crippen molar-refractivity contribution < 1.29 is 4.79 Å². The quantitative estimate of drug-likeness (QED) is 0.823. The maximum atomic E-state index is 11.6. The Hall–Kier alpha value is -1.42. The first-order chi connectivity index (χ1) is 7.50. The van der Waals surface area contributed by atoms with Crippen LogP contribution >= 0.6 is 0 Å². The average molecular weight is 221 g/mol. The lowest BCUT2D eigenvalue weighted by molar-refractivity contribution is -0.130. The van der Waals surface area contributed by atoms with Crippen molar-refractivity contribution in [2.45, 2.75) is 26.4 Å². The van der Waals surface area contributed by atoms with Gasteiger partial charge in [-0.05, 0) is 25.5 Å². The van der Waals surface area contributed by atoms with Gasteiger partial charge in [0.1, 0.15) is 0 Å². The summed E-state index contributed by atoms with van der Waals surface area (Å²) < 4.78 is 0. The van der Waals surface area contributed by atoms with E-state index in [2.05, 4.69) is 10.3 Å². The molecule has 0 saturated heterocycles. The van der Waals surface area contributed by atoms with Crippen LogP contribution < -0.4 is 5.32 Å². The highest BCUT2D eigenvalue weighted by molar-refractivity contribution is 5.80. The molecule has 1 unspecified atom stereocenters. The lowest BCUT2D eigenvalue weighted by atomic mass is 10.2. The Morgan fingerprint density at radius 3 is 2.69 bits per heavy atom. The Kier molecular flexibility index (Phi) is 4.43. The second-order valence-electron chi connectivity index (χ2n) is 4.14. The van der Waals surface area contributed by atoms with Gasteiger partial charge in [0.05, 0.1) is 6.04 Å². The van der Waals surface area contributed by atoms with Crippen molar-refractivity contribution in [3.05, 3.63) is 29.6 Å². The van der Waals surface area contributed by atoms with Crippen LogP contribution in [0.1, 0.15) is 18.2 Å². The van der Waals surface area contributed by atoms with Gasteiger partial charge >= 0.3 is 0 Å². The van der Waals surface area contributed by atoms with Crippen LogP contribution in [0.3, 0.4) is 0 Å². The summed E-state index contributed by atoms with van der Waals surface area (Å²) in [6.45, 7) is 4.48. The van der Waals surface area contributed by atoms with Gasteiger partial charge in [-0.15, -0.1) is 0 Å². The molecule has 0 spiro atoms. The molecule has 0 bridgehead atoms. The van der Waals surface area contributed by atoms with E-state index in [9.17, 15) is 4.79 Å². The van der Waals surface area contributed by atoms with Gasteiger partial charge in [-0.1, -0.05) is 6.07 Å². The van der Waals surface area contributed by atoms with E-state index in [1.807, 2.05) is 32.2 Å². The summed E-state index contributed by atoms with van der Waals surface area (Å²) in [6, 6.07) is 3.81. The number of amides is 1. The number of nitrogens with zero attached hydrogens (tertiary/aromatic N) is 2. The van der Waals surface area contributed by atoms with E-state index in [-0.39, 0.29) is 11.9 Å². The predicted octanol–water partition coefficient (Wildman–Crippen LogP) is 0.956. The number of hydrogen-bond donors (Lipinski definition) is 1. The minimum Gasteiger partial charge on any atom is -0.347 e. The fraction of sp³-hybridized carbons (Fsp3) is 0.500. The van der Waals surface area contributed by atoms with Crippen molar-refractivity contribution in [3.8, 4) is 0 Å². The molecular weight excluding hydrogens is 202 g/mol. The fourth-order valence-corrected chi connectivity index (χ4v) is 1.35. The molecule has 0 radical (unpaired) electrons. The molecule has 1 amide bonds. The molecule has 0 aliphatic rings. The summed E-state index contributed by atoms with van der Waals surface area (Å²) in [4.78, 5) is 17.4. The molecule has 1 heterocycles. The van der Waals surface area contributed by atoms with Crippen LogP contribution in [-0.4, -0.2) is 35.9 Å². The number of carbonyl (C=O) groups excluding carboxylic acids is 1. The molecule has 4 heteroatoms. The normalized spacial score (nSPS) is 12.2. The second-order valence-corrected chi connectivity index (χ2v) is 4.14. The minimum absolute atomic E-state index is 0.0834. The van der Waals surface area contributed by atoms with E-state index in [1.165, 1.54) is 0 Å². The van der Waals surface area contributed by atoms with Gasteiger partial charge in [-0.25, -0.2) is 0 Å². The van der Waals surface area contributed by atoms with Crippen LogP contribution in [-0.2, 0) is 11.3 Å². The molecule has 1 rings (SSSR count). The third-order valence-electron chi connectivity index (χ3n) is 2.40. The van der Waals surface area contributed by atoms with Crippen molar-refractivity contribution in [2.75, 3.05) is 14.1 Å². The number of aromatic nitrogens is 1. The number of aryl methyl sites for hydroxylation is 1. The van der Waals surface area contributed by atoms with Gasteiger partial charge in [0.15, 0.2) is 0 Å². The smallest absolute Gasteiger partial charge is 0.238 e. The van der Waals surface area contributed by atoms with Crippen molar-refractivity contribution in [3.63, 3.8) is 0 Å². The third kappa shape index (κ3) is 3.62. The van der Waals surface area contributed by atoms with E-state index in [0.717, 1.165) is 11.3 Å². The highest BCUT2D eigenvalue weighted by atomic mass is 16.2. The second kappa shape index (κ2) is 5.61. The van der Waals surface area contributed by atoms with Crippen LogP contribution in [0, 0.1) is 6.92 Å². The van der Waals surface area contributed by atoms with Gasteiger partial charge in [-0.2, -0.15) is 0 Å². The molecule has 0 saturated carbocycles. The largest absolute Gasteiger partial charge is 0.347 e. The Labute approximate surface area is 96.7 Å². The highest BCUT2D eigenvalue weighted by Gasteiger charge is 2.13. The molecule has 0 fully saturated rings. The average Bonchev–Trinajstić information content (AvgIpc) is 2.26. The lowest BCUT2D eigenvalue weighted by Crippen LogP contribution is -2.41. The van der Waals surface area contributed by atoms with Crippen molar-refractivity contribution >= 4 is 5.91 Å². The Morgan fingerprint density at radius 1 is 1.50 bits per heavy atom. The third-order valence-corrected chi connectivity index (χ3v) is 2.40. The maximum Gasteiger partial charge on any atom is 0.238 e. The summed E-state index contributed by atoms with van der Waals surface area (Å²) >= 11 is 0. The molecule has 88 valence electrons. The molecule has 0 aromatic carbocycles. The zero-order valence-corrected chi connectivity index (χ0v) is 10.3. The van der Waals surface area contributed by atoms with E-state index in [4.69, 9.17) is 0 Å². The van der Waals surface area contributed by atoms with Crippen LogP contribution in [0.4, 0.5) is 0 Å². The Morgan fingerprint density at radius 2 is 2.19 bits per heavy atom. The highest BCUT2D eigenvalue weighted by Crippen LogP contribution is 1.99. The zero-order valence-electron chi connectivity index (χ0n) is 10.3. The van der Waals surface area contributed by atoms with Crippen molar-refractivity contribution in [2.24, 2.45) is 0 Å². The van der Waals surface area contributed by atoms with Gasteiger partial charge < -0.3 is 10.2 Å². The zero-order chi connectivity index (χ0) is 12.1.